The van der Waals surface area contributed by atoms with Crippen LogP contribution in [0.3, 0.4) is 0 Å². The van der Waals surface area contributed by atoms with Gasteiger partial charge in [0, 0.05) is 23.7 Å². The van der Waals surface area contributed by atoms with E-state index in [1.165, 1.54) is 0 Å². The van der Waals surface area contributed by atoms with Crippen molar-refractivity contribution in [2.75, 3.05) is 13.2 Å². The second-order valence-corrected chi connectivity index (χ2v) is 6.25. The van der Waals surface area contributed by atoms with Crippen LogP contribution in [0.1, 0.15) is 26.7 Å². The molecule has 2 unspecified atom stereocenters. The Hall–Kier alpha value is -0.480. The monoisotopic (exact) mass is 317 g/mol. The minimum absolute atomic E-state index is 0.129. The molecule has 0 aromatic heterocycles. The lowest BCUT2D eigenvalue weighted by molar-refractivity contribution is 0.0179. The third-order valence-electron chi connectivity index (χ3n) is 3.27. The largest absolute Gasteiger partial charge is 0.489 e. The van der Waals surface area contributed by atoms with E-state index in [0.717, 1.165) is 19.4 Å². The summed E-state index contributed by atoms with van der Waals surface area (Å²) in [5.74, 6) is 0.617. The van der Waals surface area contributed by atoms with Crippen LogP contribution in [-0.4, -0.2) is 31.4 Å². The molecule has 0 spiro atoms. The fourth-order valence-electron chi connectivity index (χ4n) is 2.19. The van der Waals surface area contributed by atoms with Gasteiger partial charge in [-0.15, -0.1) is 0 Å². The topological polar surface area (TPSA) is 30.5 Å². The normalized spacial score (nSPS) is 22.4. The van der Waals surface area contributed by atoms with Crippen LogP contribution in [0.4, 0.5) is 0 Å². The van der Waals surface area contributed by atoms with E-state index >= 15 is 0 Å². The smallest absolute Gasteiger partial charge is 0.139 e. The molecular formula is C15H21Cl2NO2. The lowest BCUT2D eigenvalue weighted by atomic mass is 10.2. The molecule has 20 heavy (non-hydrogen) atoms. The molecule has 1 N–H and O–H groups in total. The van der Waals surface area contributed by atoms with Gasteiger partial charge in [0.2, 0.25) is 0 Å². The standard InChI is InChI=1S/C15H21Cl2NO2/c1-10(2)18-8-12-4-5-13(20-12)9-19-15-7-11(16)3-6-14(15)17/h3,6-7,10,12-13,18H,4-5,8-9H2,1-2H3. The molecule has 1 saturated heterocycles. The first-order chi connectivity index (χ1) is 9.54. The Balaban J connectivity index is 1.76. The summed E-state index contributed by atoms with van der Waals surface area (Å²) >= 11 is 12.0. The summed E-state index contributed by atoms with van der Waals surface area (Å²) < 4.78 is 11.7. The summed E-state index contributed by atoms with van der Waals surface area (Å²) in [6, 6.07) is 5.70. The van der Waals surface area contributed by atoms with Crippen molar-refractivity contribution < 1.29 is 9.47 Å². The Bertz CT molecular complexity index is 440. The van der Waals surface area contributed by atoms with E-state index in [2.05, 4.69) is 19.2 Å². The summed E-state index contributed by atoms with van der Waals surface area (Å²) in [6.45, 7) is 5.68. The Morgan fingerprint density at radius 1 is 1.30 bits per heavy atom. The molecule has 1 fully saturated rings. The molecule has 0 aliphatic carbocycles. The summed E-state index contributed by atoms with van der Waals surface area (Å²) in [5.41, 5.74) is 0. The van der Waals surface area contributed by atoms with Gasteiger partial charge in [-0.05, 0) is 25.0 Å². The molecule has 112 valence electrons. The molecular weight excluding hydrogens is 297 g/mol. The van der Waals surface area contributed by atoms with E-state index < -0.39 is 0 Å². The van der Waals surface area contributed by atoms with Crippen molar-refractivity contribution in [3.63, 3.8) is 0 Å². The fourth-order valence-corrected chi connectivity index (χ4v) is 2.52. The molecule has 0 radical (unpaired) electrons. The predicted octanol–water partition coefficient (Wildman–Crippen LogP) is 3.92. The first-order valence-corrected chi connectivity index (χ1v) is 7.77. The van der Waals surface area contributed by atoms with Crippen molar-refractivity contribution in [1.82, 2.24) is 5.32 Å². The van der Waals surface area contributed by atoms with Crippen molar-refractivity contribution >= 4 is 23.2 Å². The van der Waals surface area contributed by atoms with Gasteiger partial charge in [0.15, 0.2) is 0 Å². The summed E-state index contributed by atoms with van der Waals surface area (Å²) in [6.07, 6.45) is 2.49. The maximum absolute atomic E-state index is 6.06. The second kappa shape index (κ2) is 7.51. The van der Waals surface area contributed by atoms with Crippen LogP contribution in [0.25, 0.3) is 0 Å². The molecule has 0 bridgehead atoms. The maximum Gasteiger partial charge on any atom is 0.139 e. The molecule has 2 rings (SSSR count). The van der Waals surface area contributed by atoms with E-state index in [1.807, 2.05) is 0 Å². The fraction of sp³-hybridized carbons (Fsp3) is 0.600. The Morgan fingerprint density at radius 3 is 2.80 bits per heavy atom. The zero-order valence-corrected chi connectivity index (χ0v) is 13.4. The average molecular weight is 318 g/mol. The number of halogens is 2. The molecule has 1 aliphatic rings. The van der Waals surface area contributed by atoms with Crippen molar-refractivity contribution in [3.8, 4) is 5.75 Å². The molecule has 5 heteroatoms. The van der Waals surface area contributed by atoms with Crippen LogP contribution in [0.2, 0.25) is 10.0 Å². The van der Waals surface area contributed by atoms with Gasteiger partial charge in [0.25, 0.3) is 0 Å². The summed E-state index contributed by atoms with van der Waals surface area (Å²) in [5, 5.41) is 4.59. The van der Waals surface area contributed by atoms with Gasteiger partial charge < -0.3 is 14.8 Å². The predicted molar refractivity (Wildman–Crippen MR) is 83.0 cm³/mol. The summed E-state index contributed by atoms with van der Waals surface area (Å²) in [4.78, 5) is 0. The van der Waals surface area contributed by atoms with Gasteiger partial charge in [0.1, 0.15) is 12.4 Å². The zero-order valence-electron chi connectivity index (χ0n) is 11.9. The highest BCUT2D eigenvalue weighted by atomic mass is 35.5. The van der Waals surface area contributed by atoms with E-state index in [0.29, 0.717) is 28.4 Å². The minimum atomic E-state index is 0.129. The molecule has 2 atom stereocenters. The van der Waals surface area contributed by atoms with Crippen LogP contribution in [-0.2, 0) is 4.74 Å². The van der Waals surface area contributed by atoms with Gasteiger partial charge in [-0.2, -0.15) is 0 Å². The summed E-state index contributed by atoms with van der Waals surface area (Å²) in [7, 11) is 0. The lowest BCUT2D eigenvalue weighted by Crippen LogP contribution is -2.32. The van der Waals surface area contributed by atoms with Gasteiger partial charge in [-0.25, -0.2) is 0 Å². The van der Waals surface area contributed by atoms with Gasteiger partial charge >= 0.3 is 0 Å². The minimum Gasteiger partial charge on any atom is -0.489 e. The van der Waals surface area contributed by atoms with E-state index in [4.69, 9.17) is 32.7 Å². The van der Waals surface area contributed by atoms with Crippen molar-refractivity contribution in [1.29, 1.82) is 0 Å². The quantitative estimate of drug-likeness (QED) is 0.862. The van der Waals surface area contributed by atoms with Crippen molar-refractivity contribution in [2.45, 2.75) is 44.9 Å². The number of hydrogen-bond acceptors (Lipinski definition) is 3. The number of benzene rings is 1. The Labute approximate surface area is 130 Å². The highest BCUT2D eigenvalue weighted by molar-refractivity contribution is 6.34. The Kier molecular flexibility index (Phi) is 5.97. The van der Waals surface area contributed by atoms with E-state index in [9.17, 15) is 0 Å². The highest BCUT2D eigenvalue weighted by Crippen LogP contribution is 2.29. The van der Waals surface area contributed by atoms with Crippen LogP contribution < -0.4 is 10.1 Å². The molecule has 1 aromatic rings. The lowest BCUT2D eigenvalue weighted by Gasteiger charge is -2.17. The molecule has 0 amide bonds. The Morgan fingerprint density at radius 2 is 2.05 bits per heavy atom. The van der Waals surface area contributed by atoms with Crippen LogP contribution in [0.5, 0.6) is 5.75 Å². The van der Waals surface area contributed by atoms with Crippen molar-refractivity contribution in [2.24, 2.45) is 0 Å². The van der Waals surface area contributed by atoms with Crippen LogP contribution >= 0.6 is 23.2 Å². The number of ether oxygens (including phenoxy) is 2. The maximum atomic E-state index is 6.06. The number of nitrogens with one attached hydrogen (secondary N) is 1. The van der Waals surface area contributed by atoms with E-state index in [-0.39, 0.29) is 12.2 Å². The number of hydrogen-bond donors (Lipinski definition) is 1. The molecule has 0 saturated carbocycles. The van der Waals surface area contributed by atoms with Crippen LogP contribution in [0.15, 0.2) is 18.2 Å². The van der Waals surface area contributed by atoms with Crippen molar-refractivity contribution in [3.05, 3.63) is 28.2 Å². The third-order valence-corrected chi connectivity index (χ3v) is 3.81. The molecule has 1 aliphatic heterocycles. The molecule has 3 nitrogen and oxygen atoms in total. The molecule has 1 heterocycles. The second-order valence-electron chi connectivity index (χ2n) is 5.41. The highest BCUT2D eigenvalue weighted by Gasteiger charge is 2.25. The SMILES string of the molecule is CC(C)NCC1CCC(COc2cc(Cl)ccc2Cl)O1. The first-order valence-electron chi connectivity index (χ1n) is 7.01. The van der Waals surface area contributed by atoms with Gasteiger partial charge in [0.05, 0.1) is 17.2 Å². The van der Waals surface area contributed by atoms with Gasteiger partial charge in [-0.1, -0.05) is 37.0 Å². The van der Waals surface area contributed by atoms with Gasteiger partial charge in [-0.3, -0.25) is 0 Å². The number of rotatable bonds is 6. The van der Waals surface area contributed by atoms with E-state index in [1.54, 1.807) is 18.2 Å². The molecule has 1 aromatic carbocycles. The zero-order chi connectivity index (χ0) is 14.5. The van der Waals surface area contributed by atoms with Crippen LogP contribution in [0, 0.1) is 0 Å². The third kappa shape index (κ3) is 4.81. The average Bonchev–Trinajstić information content (AvgIpc) is 2.85. The first kappa shape index (κ1) is 15.9.